The van der Waals surface area contributed by atoms with Crippen molar-refractivity contribution in [1.29, 1.82) is 0 Å². The van der Waals surface area contributed by atoms with Crippen LogP contribution in [0, 0.1) is 69.2 Å². The van der Waals surface area contributed by atoms with Crippen LogP contribution in [0.2, 0.25) is 0 Å². The van der Waals surface area contributed by atoms with E-state index in [0.29, 0.717) is 0 Å². The largest absolute Gasteiger partial charge is 0.451 e. The molecule has 0 atom stereocenters. The fourth-order valence-corrected chi connectivity index (χ4v) is 24.5. The third-order valence-electron chi connectivity index (χ3n) is 24.0. The Bertz CT molecular complexity index is 8430. The standard InChI is InChI=1S/C45H35N3S.C28H20N2O2S2.C26H20N2S2/c1-26-6-14-31(15-7-26)46-38-22-29(4)12-20-34(38)42-43(46)36-25-41-37(24-40(36)47(42)32-16-8-27(2)9-17-32)44-45(49-41)35-21-13-30(5)23-39(35)48(44)33-18-10-28(3)11-19-33;1-13-5-7-16(8-6-13)30-19-11-18-21(31-26-25(18)32-22-10-15(3)34-28(22)26)12-17(19)23-24(30)27-20(29(23)4)9-14(2)33-27;1-13-5-7-15-19(9-13)27(3)24-17-12-22-18(11-20(17)28(4)23(15)24)26-25(30-22)16-8-6-14(2)10-21(16)29-26/h6-25H,1-5H3;5-12H,1-4H3;5-12H,1-4H3. The molecule has 0 bridgehead atoms. The highest BCUT2D eigenvalue weighted by molar-refractivity contribution is 7.36. The Morgan fingerprint density at radius 1 is 0.212 bits per heavy atom. The first-order valence-electron chi connectivity index (χ1n) is 38.6. The predicted molar refractivity (Wildman–Crippen MR) is 490 cm³/mol. The molecular weight excluding hydrogens is 1480 g/mol. The van der Waals surface area contributed by atoms with E-state index in [2.05, 4.69) is 341 Å². The average Bonchev–Trinajstić information content (AvgIpc) is 1.55. The van der Waals surface area contributed by atoms with Crippen molar-refractivity contribution >= 4 is 248 Å². The second-order valence-corrected chi connectivity index (χ2v) is 37.4. The van der Waals surface area contributed by atoms with Gasteiger partial charge in [-0.25, -0.2) is 0 Å². The molecule has 0 fully saturated rings. The molecule has 14 heteroatoms. The van der Waals surface area contributed by atoms with E-state index in [1.54, 1.807) is 11.3 Å². The maximum Gasteiger partial charge on any atom is 0.191 e. The van der Waals surface area contributed by atoms with Crippen molar-refractivity contribution in [2.45, 2.75) is 69.2 Å². The van der Waals surface area contributed by atoms with Gasteiger partial charge in [0.15, 0.2) is 11.2 Å². The predicted octanol–water partition coefficient (Wildman–Crippen LogP) is 29.6. The molecule has 14 aromatic heterocycles. The fraction of sp³-hybridized carbons (Fsp3) is 0.131. The van der Waals surface area contributed by atoms with Gasteiger partial charge in [-0.2, -0.15) is 0 Å². The number of hydrogen-bond donors (Lipinski definition) is 0. The van der Waals surface area contributed by atoms with E-state index < -0.39 is 0 Å². The number of aryl methyl sites for hydroxylation is 13. The SMILES string of the molecule is Cc1ccc(-n2c3cc(C)ccc3c3sc4cc5c(cc4c32)n(-c2ccc(C)cc2)c2c3ccc(C)cc3n(-c3ccc(C)cc3)c52)cc1.Cc1ccc(-n2c3cc4c(cc3c3c2c2sc(C)cc2n3C)oc2c4oc3cc(C)sc32)cc1.Cc1ccc2c(c1)sc1c3cc4c(cc3sc21)c1c(c2ccc(C)cc2n1C)n4C. The molecule has 0 spiro atoms. The Balaban J connectivity index is 0.000000105. The highest BCUT2D eigenvalue weighted by atomic mass is 32.1. The van der Waals surface area contributed by atoms with Crippen LogP contribution < -0.4 is 0 Å². The van der Waals surface area contributed by atoms with Crippen molar-refractivity contribution in [3.63, 3.8) is 0 Å². The van der Waals surface area contributed by atoms with Gasteiger partial charge in [0, 0.05) is 116 Å². The highest BCUT2D eigenvalue weighted by Gasteiger charge is 2.29. The van der Waals surface area contributed by atoms with Crippen molar-refractivity contribution in [3.8, 4) is 22.7 Å². The lowest BCUT2D eigenvalue weighted by molar-refractivity contribution is 0.653. The topological polar surface area (TPSA) is 60.8 Å². The minimum absolute atomic E-state index is 0.843. The maximum absolute atomic E-state index is 6.42. The van der Waals surface area contributed by atoms with Crippen LogP contribution in [0.4, 0.5) is 0 Å². The van der Waals surface area contributed by atoms with E-state index >= 15 is 0 Å². The molecule has 113 heavy (non-hydrogen) atoms. The summed E-state index contributed by atoms with van der Waals surface area (Å²) >= 11 is 9.39. The van der Waals surface area contributed by atoms with Crippen LogP contribution in [-0.2, 0) is 21.1 Å². The molecule has 0 aliphatic carbocycles. The summed E-state index contributed by atoms with van der Waals surface area (Å²) < 4.78 is 40.4. The second kappa shape index (κ2) is 24.1. The third kappa shape index (κ3) is 9.65. The zero-order valence-corrected chi connectivity index (χ0v) is 68.9. The van der Waals surface area contributed by atoms with Gasteiger partial charge in [-0.15, -0.1) is 56.7 Å². The smallest absolute Gasteiger partial charge is 0.191 e. The van der Waals surface area contributed by atoms with Gasteiger partial charge < -0.3 is 40.8 Å². The zero-order valence-electron chi connectivity index (χ0n) is 64.8. The van der Waals surface area contributed by atoms with Crippen LogP contribution in [0.15, 0.2) is 227 Å². The average molecular weight is 1560 g/mol. The quantitative estimate of drug-likeness (QED) is 0.176. The lowest BCUT2D eigenvalue weighted by atomic mass is 10.1. The summed E-state index contributed by atoms with van der Waals surface area (Å²) in [7, 11) is 6.59. The molecule has 0 unspecified atom stereocenters. The lowest BCUT2D eigenvalue weighted by Crippen LogP contribution is -1.95. The first-order chi connectivity index (χ1) is 54.8. The molecule has 0 aliphatic rings. The number of hydrogen-bond acceptors (Lipinski definition) is 7. The van der Waals surface area contributed by atoms with Crippen molar-refractivity contribution < 1.29 is 8.83 Å². The summed E-state index contributed by atoms with van der Waals surface area (Å²) in [5.41, 5.74) is 36.2. The molecule has 0 amide bonds. The van der Waals surface area contributed by atoms with Crippen LogP contribution in [0.1, 0.15) is 54.3 Å². The van der Waals surface area contributed by atoms with Gasteiger partial charge >= 0.3 is 0 Å². The summed E-state index contributed by atoms with van der Waals surface area (Å²) in [6, 6.07) is 81.9. The maximum atomic E-state index is 6.42. The number of rotatable bonds is 4. The Hall–Kier alpha value is -11.9. The molecule has 0 aliphatic heterocycles. The minimum Gasteiger partial charge on any atom is -0.451 e. The van der Waals surface area contributed by atoms with E-state index in [1.807, 2.05) is 45.3 Å². The summed E-state index contributed by atoms with van der Waals surface area (Å²) in [6.07, 6.45) is 0. The normalized spacial score (nSPS) is 12.5. The number of benzene rings is 11. The van der Waals surface area contributed by atoms with E-state index in [9.17, 15) is 0 Å². The number of aromatic nitrogens is 7. The molecule has 25 rings (SSSR count). The highest BCUT2D eigenvalue weighted by Crippen LogP contribution is 2.52. The molecule has 0 N–H and O–H groups in total. The van der Waals surface area contributed by atoms with Crippen molar-refractivity contribution in [1.82, 2.24) is 32.0 Å². The first kappa shape index (κ1) is 66.9. The van der Waals surface area contributed by atoms with E-state index in [1.165, 1.54) is 236 Å². The van der Waals surface area contributed by atoms with Gasteiger partial charge in [0.25, 0.3) is 0 Å². The van der Waals surface area contributed by atoms with Crippen LogP contribution in [0.3, 0.4) is 0 Å². The number of fused-ring (bicyclic) bond motifs is 30. The number of furan rings is 2. The van der Waals surface area contributed by atoms with Crippen molar-refractivity contribution in [2.24, 2.45) is 21.1 Å². The fourth-order valence-electron chi connectivity index (χ4n) is 18.5. The summed E-state index contributed by atoms with van der Waals surface area (Å²) in [4.78, 5) is 2.55. The molecule has 14 heterocycles. The summed E-state index contributed by atoms with van der Waals surface area (Å²) in [5.74, 6) is 0. The van der Waals surface area contributed by atoms with E-state index in [0.717, 1.165) is 32.4 Å². The molecule has 0 saturated heterocycles. The molecule has 9 nitrogen and oxygen atoms in total. The number of thiophene rings is 5. The third-order valence-corrected chi connectivity index (χ3v) is 29.7. The van der Waals surface area contributed by atoms with Crippen LogP contribution in [0.5, 0.6) is 0 Å². The Kier molecular flexibility index (Phi) is 14.2. The van der Waals surface area contributed by atoms with Crippen LogP contribution in [-0.4, -0.2) is 32.0 Å². The molecule has 11 aromatic carbocycles. The molecular formula is C99H75N7O2S5. The monoisotopic (exact) mass is 1550 g/mol. The van der Waals surface area contributed by atoms with Gasteiger partial charge in [-0.3, -0.25) is 0 Å². The van der Waals surface area contributed by atoms with Gasteiger partial charge in [0.1, 0.15) is 15.9 Å². The van der Waals surface area contributed by atoms with Gasteiger partial charge in [-0.05, 0) is 213 Å². The Labute approximate surface area is 669 Å². The van der Waals surface area contributed by atoms with Crippen LogP contribution in [0.25, 0.3) is 214 Å². The Morgan fingerprint density at radius 3 is 1.19 bits per heavy atom. The summed E-state index contributed by atoms with van der Waals surface area (Å²) in [6.45, 7) is 21.6. The number of nitrogens with zero attached hydrogens (tertiary/aromatic N) is 7. The lowest BCUT2D eigenvalue weighted by Gasteiger charge is -2.11. The second-order valence-electron chi connectivity index (χ2n) is 31.7. The molecule has 25 aromatic rings. The minimum atomic E-state index is 0.843. The molecule has 548 valence electrons. The van der Waals surface area contributed by atoms with Crippen LogP contribution >= 0.6 is 56.7 Å². The van der Waals surface area contributed by atoms with Crippen molar-refractivity contribution in [2.75, 3.05) is 0 Å². The molecule has 0 radical (unpaired) electrons. The van der Waals surface area contributed by atoms with Gasteiger partial charge in [0.2, 0.25) is 0 Å². The Morgan fingerprint density at radius 2 is 0.584 bits per heavy atom. The van der Waals surface area contributed by atoms with E-state index in [4.69, 9.17) is 8.83 Å². The first-order valence-corrected chi connectivity index (χ1v) is 42.7. The summed E-state index contributed by atoms with van der Waals surface area (Å²) in [5, 5.41) is 12.8. The molecule has 0 saturated carbocycles. The van der Waals surface area contributed by atoms with E-state index in [-0.39, 0.29) is 0 Å². The van der Waals surface area contributed by atoms with Gasteiger partial charge in [0.05, 0.1) is 101 Å². The zero-order chi connectivity index (χ0) is 76.3. The van der Waals surface area contributed by atoms with Crippen molar-refractivity contribution in [3.05, 3.63) is 273 Å². The van der Waals surface area contributed by atoms with Gasteiger partial charge in [-0.1, -0.05) is 119 Å².